The first-order valence-corrected chi connectivity index (χ1v) is 9.58. The highest BCUT2D eigenvalue weighted by Crippen LogP contribution is 2.29. The zero-order valence-corrected chi connectivity index (χ0v) is 17.9. The second kappa shape index (κ2) is 9.33. The van der Waals surface area contributed by atoms with Crippen LogP contribution in [0.3, 0.4) is 0 Å². The van der Waals surface area contributed by atoms with Gasteiger partial charge in [-0.3, -0.25) is 4.79 Å². The molecular weight excluding hydrogens is 402 g/mol. The fourth-order valence-electron chi connectivity index (χ4n) is 3.31. The maximum atomic E-state index is 12.9. The zero-order valence-electron chi connectivity index (χ0n) is 17.9. The molecule has 1 saturated heterocycles. The molecule has 0 unspecified atom stereocenters. The van der Waals surface area contributed by atoms with Crippen LogP contribution in [-0.4, -0.2) is 53.9 Å². The van der Waals surface area contributed by atoms with Crippen LogP contribution in [0.2, 0.25) is 0 Å². The highest BCUT2D eigenvalue weighted by molar-refractivity contribution is 6.07. The predicted octanol–water partition coefficient (Wildman–Crippen LogP) is 2.35. The van der Waals surface area contributed by atoms with Crippen molar-refractivity contribution >= 4 is 18.2 Å². The fourth-order valence-corrected chi connectivity index (χ4v) is 3.31. The molecule has 10 heteroatoms. The van der Waals surface area contributed by atoms with Gasteiger partial charge in [-0.1, -0.05) is 11.2 Å². The van der Waals surface area contributed by atoms with E-state index in [2.05, 4.69) is 10.5 Å². The summed E-state index contributed by atoms with van der Waals surface area (Å²) < 4.78 is 15.6. The van der Waals surface area contributed by atoms with Crippen molar-refractivity contribution in [1.82, 2.24) is 20.3 Å². The molecule has 0 radical (unpaired) electrons. The summed E-state index contributed by atoms with van der Waals surface area (Å²) in [5.74, 6) is 1.40. The molecule has 1 aliphatic heterocycles. The van der Waals surface area contributed by atoms with E-state index in [1.807, 2.05) is 6.92 Å². The highest BCUT2D eigenvalue weighted by Gasteiger charge is 2.37. The van der Waals surface area contributed by atoms with E-state index in [4.69, 9.17) is 19.4 Å². The monoisotopic (exact) mass is 427 g/mol. The molecule has 2 N–H and O–H groups in total. The lowest BCUT2D eigenvalue weighted by Gasteiger charge is -2.18. The first-order valence-electron chi connectivity index (χ1n) is 9.58. The second-order valence-corrected chi connectivity index (χ2v) is 6.95. The van der Waals surface area contributed by atoms with Gasteiger partial charge < -0.3 is 29.6 Å². The molecule has 10 nitrogen and oxygen atoms in total. The molecule has 1 aliphatic rings. The number of imide groups is 1. The topological polar surface area (TPSA) is 121 Å². The average molecular weight is 427 g/mol. The molecule has 1 aromatic heterocycles. The van der Waals surface area contributed by atoms with Gasteiger partial charge in [0.25, 0.3) is 5.91 Å². The third-order valence-corrected chi connectivity index (χ3v) is 4.97. The van der Waals surface area contributed by atoms with Crippen LogP contribution >= 0.6 is 0 Å². The Morgan fingerprint density at radius 2 is 2.00 bits per heavy atom. The minimum absolute atomic E-state index is 0.0811. The number of carbonyl (C=O) groups is 2. The summed E-state index contributed by atoms with van der Waals surface area (Å²) in [6.45, 7) is 4.16. The van der Waals surface area contributed by atoms with Gasteiger partial charge in [0.05, 0.1) is 25.6 Å². The largest absolute Gasteiger partial charge is 0.493 e. The summed E-state index contributed by atoms with van der Waals surface area (Å²) in [4.78, 5) is 27.8. The Kier molecular flexibility index (Phi) is 6.58. The number of nitrogens with zero attached hydrogens (tertiary/aromatic N) is 3. The van der Waals surface area contributed by atoms with Crippen molar-refractivity contribution in [3.05, 3.63) is 52.7 Å². The molecule has 0 aliphatic carbocycles. The average Bonchev–Trinajstić information content (AvgIpc) is 3.23. The Hall–Kier alpha value is -3.82. The van der Waals surface area contributed by atoms with Gasteiger partial charge in [-0.15, -0.1) is 0 Å². The quantitative estimate of drug-likeness (QED) is 0.465. The number of carbonyl (C=O) groups excluding carboxylic acids is 2. The first kappa shape index (κ1) is 21.9. The third kappa shape index (κ3) is 4.52. The number of urea groups is 1. The Morgan fingerprint density at radius 3 is 2.61 bits per heavy atom. The van der Waals surface area contributed by atoms with Gasteiger partial charge in [0.1, 0.15) is 12.3 Å². The van der Waals surface area contributed by atoms with E-state index < -0.39 is 11.9 Å². The van der Waals surface area contributed by atoms with Crippen molar-refractivity contribution in [2.45, 2.75) is 26.9 Å². The van der Waals surface area contributed by atoms with Crippen LogP contribution in [0.25, 0.3) is 0 Å². The van der Waals surface area contributed by atoms with Crippen LogP contribution in [0.5, 0.6) is 11.5 Å². The number of nitrogens with one attached hydrogen (secondary N) is 2. The standard InChI is InChI=1S/C21H25N5O5/c1-13-17(14(2)31-24-13)10-23-9-16(8-22)26-20(27)12-25(21(26)28)11-15-5-6-18(29-3)19(7-15)30-4/h5-9,22-23H,10-12H2,1-4H3/b16-9+,22-8?. The Labute approximate surface area is 179 Å². The summed E-state index contributed by atoms with van der Waals surface area (Å²) in [6, 6.07) is 4.82. The van der Waals surface area contributed by atoms with Crippen molar-refractivity contribution < 1.29 is 23.6 Å². The molecule has 2 heterocycles. The molecule has 0 bridgehead atoms. The second-order valence-electron chi connectivity index (χ2n) is 6.95. The molecule has 0 spiro atoms. The van der Waals surface area contributed by atoms with Crippen molar-refractivity contribution in [2.75, 3.05) is 20.8 Å². The molecule has 1 aromatic carbocycles. The summed E-state index contributed by atoms with van der Waals surface area (Å²) in [7, 11) is 3.08. The van der Waals surface area contributed by atoms with Crippen molar-refractivity contribution in [2.24, 2.45) is 0 Å². The van der Waals surface area contributed by atoms with Crippen molar-refractivity contribution in [3.8, 4) is 11.5 Å². The number of rotatable bonds is 9. The van der Waals surface area contributed by atoms with Gasteiger partial charge in [0.2, 0.25) is 0 Å². The molecule has 3 amide bonds. The van der Waals surface area contributed by atoms with Gasteiger partial charge in [-0.25, -0.2) is 9.69 Å². The van der Waals surface area contributed by atoms with Crippen LogP contribution in [-0.2, 0) is 17.9 Å². The van der Waals surface area contributed by atoms with E-state index in [1.54, 1.807) is 32.2 Å². The van der Waals surface area contributed by atoms with Gasteiger partial charge in [-0.05, 0) is 31.5 Å². The molecule has 1 fully saturated rings. The maximum absolute atomic E-state index is 12.9. The molecule has 31 heavy (non-hydrogen) atoms. The van der Waals surface area contributed by atoms with E-state index in [9.17, 15) is 9.59 Å². The van der Waals surface area contributed by atoms with Gasteiger partial charge in [0.15, 0.2) is 11.5 Å². The minimum atomic E-state index is -0.492. The normalized spacial score (nSPS) is 14.3. The number of aromatic nitrogens is 1. The number of methoxy groups -OCH3 is 2. The lowest BCUT2D eigenvalue weighted by molar-refractivity contribution is -0.123. The number of hydrogen-bond acceptors (Lipinski definition) is 8. The number of benzene rings is 1. The molecule has 3 rings (SSSR count). The number of aryl methyl sites for hydroxylation is 2. The first-order chi connectivity index (χ1) is 14.9. The van der Waals surface area contributed by atoms with Crippen LogP contribution in [0.4, 0.5) is 4.79 Å². The lowest BCUT2D eigenvalue weighted by Crippen LogP contribution is -2.33. The van der Waals surface area contributed by atoms with E-state index in [-0.39, 0.29) is 18.8 Å². The van der Waals surface area contributed by atoms with Crippen molar-refractivity contribution in [1.29, 1.82) is 5.41 Å². The minimum Gasteiger partial charge on any atom is -0.493 e. The number of hydrogen-bond donors (Lipinski definition) is 2. The van der Waals surface area contributed by atoms with Crippen LogP contribution < -0.4 is 14.8 Å². The van der Waals surface area contributed by atoms with E-state index >= 15 is 0 Å². The van der Waals surface area contributed by atoms with E-state index in [0.29, 0.717) is 23.8 Å². The Bertz CT molecular complexity index is 1010. The Morgan fingerprint density at radius 1 is 1.26 bits per heavy atom. The number of amides is 3. The molecule has 2 aromatic rings. The summed E-state index contributed by atoms with van der Waals surface area (Å²) >= 11 is 0. The fraction of sp³-hybridized carbons (Fsp3) is 0.333. The van der Waals surface area contributed by atoms with Gasteiger partial charge >= 0.3 is 6.03 Å². The van der Waals surface area contributed by atoms with Crippen LogP contribution in [0.15, 0.2) is 34.6 Å². The van der Waals surface area contributed by atoms with Crippen molar-refractivity contribution in [3.63, 3.8) is 0 Å². The summed E-state index contributed by atoms with van der Waals surface area (Å²) in [5.41, 5.74) is 2.58. The predicted molar refractivity (Wildman–Crippen MR) is 112 cm³/mol. The highest BCUT2D eigenvalue weighted by atomic mass is 16.5. The molecule has 0 atom stereocenters. The van der Waals surface area contributed by atoms with Crippen LogP contribution in [0, 0.1) is 19.3 Å². The zero-order chi connectivity index (χ0) is 22.5. The Balaban J connectivity index is 1.71. The van der Waals surface area contributed by atoms with E-state index in [0.717, 1.165) is 27.9 Å². The van der Waals surface area contributed by atoms with Gasteiger partial charge in [-0.2, -0.15) is 0 Å². The molecule has 164 valence electrons. The molecule has 0 saturated carbocycles. The smallest absolute Gasteiger partial charge is 0.332 e. The summed E-state index contributed by atoms with van der Waals surface area (Å²) in [5, 5.41) is 14.6. The molecular formula is C21H25N5O5. The number of ether oxygens (including phenoxy) is 2. The summed E-state index contributed by atoms with van der Waals surface area (Å²) in [6.07, 6.45) is 2.44. The lowest BCUT2D eigenvalue weighted by atomic mass is 10.2. The van der Waals surface area contributed by atoms with E-state index in [1.165, 1.54) is 18.2 Å². The number of allylic oxidation sites excluding steroid dienone is 1. The maximum Gasteiger partial charge on any atom is 0.332 e. The van der Waals surface area contributed by atoms with Gasteiger partial charge in [0, 0.05) is 31.1 Å². The third-order valence-electron chi connectivity index (χ3n) is 4.97. The van der Waals surface area contributed by atoms with Crippen LogP contribution in [0.1, 0.15) is 22.6 Å². The SMILES string of the molecule is COc1ccc(CN2CC(=O)N(/C(C=N)=C/NCc3c(C)noc3C)C2=O)cc1OC.